The van der Waals surface area contributed by atoms with Crippen molar-refractivity contribution in [3.63, 3.8) is 0 Å². The van der Waals surface area contributed by atoms with Gasteiger partial charge in [-0.1, -0.05) is 34.6 Å². The number of aliphatic hydroxyl groups is 4. The highest BCUT2D eigenvalue weighted by molar-refractivity contribution is 4.77. The molecule has 4 heteroatoms. The summed E-state index contributed by atoms with van der Waals surface area (Å²) in [5.41, 5.74) is -0.275. The predicted octanol–water partition coefficient (Wildman–Crippen LogP) is 1.69. The maximum Gasteiger partial charge on any atom is 0.0613 e. The summed E-state index contributed by atoms with van der Waals surface area (Å²) in [4.78, 5) is 0. The molecule has 19 heavy (non-hydrogen) atoms. The van der Waals surface area contributed by atoms with Crippen LogP contribution >= 0.6 is 0 Å². The van der Waals surface area contributed by atoms with E-state index in [4.69, 9.17) is 0 Å². The van der Waals surface area contributed by atoms with Gasteiger partial charge in [0.1, 0.15) is 0 Å². The smallest absolute Gasteiger partial charge is 0.0613 e. The molecule has 4 atom stereocenters. The van der Waals surface area contributed by atoms with Crippen LogP contribution in [0.3, 0.4) is 0 Å². The molecule has 0 saturated carbocycles. The summed E-state index contributed by atoms with van der Waals surface area (Å²) >= 11 is 0. The SMILES string of the molecule is CC(C)CC(O)CC(O)CC(O)CC(O)C(C)(C)C. The Morgan fingerprint density at radius 3 is 1.42 bits per heavy atom. The maximum absolute atomic E-state index is 9.88. The fraction of sp³-hybridized carbons (Fsp3) is 1.00. The van der Waals surface area contributed by atoms with Crippen LogP contribution < -0.4 is 0 Å². The van der Waals surface area contributed by atoms with Crippen molar-refractivity contribution in [2.75, 3.05) is 0 Å². The lowest BCUT2D eigenvalue weighted by Gasteiger charge is -2.28. The molecule has 0 heterocycles. The third-order valence-electron chi connectivity index (χ3n) is 3.33. The van der Waals surface area contributed by atoms with E-state index in [1.165, 1.54) is 0 Å². The molecule has 116 valence electrons. The van der Waals surface area contributed by atoms with Gasteiger partial charge in [0.05, 0.1) is 24.4 Å². The molecule has 0 rings (SSSR count). The topological polar surface area (TPSA) is 80.9 Å². The van der Waals surface area contributed by atoms with Crippen LogP contribution in [-0.2, 0) is 0 Å². The molecule has 0 spiro atoms. The summed E-state index contributed by atoms with van der Waals surface area (Å²) in [5.74, 6) is 0.384. The van der Waals surface area contributed by atoms with Gasteiger partial charge in [-0.25, -0.2) is 0 Å². The summed E-state index contributed by atoms with van der Waals surface area (Å²) in [6, 6.07) is 0. The fourth-order valence-electron chi connectivity index (χ4n) is 2.07. The summed E-state index contributed by atoms with van der Waals surface area (Å²) < 4.78 is 0. The maximum atomic E-state index is 9.88. The second-order valence-electron chi connectivity index (χ2n) is 7.18. The van der Waals surface area contributed by atoms with Gasteiger partial charge in [-0.15, -0.1) is 0 Å². The minimum absolute atomic E-state index is 0.197. The Bertz CT molecular complexity index is 235. The van der Waals surface area contributed by atoms with Gasteiger partial charge < -0.3 is 20.4 Å². The summed E-state index contributed by atoms with van der Waals surface area (Å²) in [7, 11) is 0. The largest absolute Gasteiger partial charge is 0.393 e. The Morgan fingerprint density at radius 1 is 0.684 bits per heavy atom. The minimum Gasteiger partial charge on any atom is -0.393 e. The van der Waals surface area contributed by atoms with Crippen molar-refractivity contribution in [1.29, 1.82) is 0 Å². The Balaban J connectivity index is 4.02. The van der Waals surface area contributed by atoms with Crippen molar-refractivity contribution >= 4 is 0 Å². The van der Waals surface area contributed by atoms with Crippen LogP contribution in [0.4, 0.5) is 0 Å². The van der Waals surface area contributed by atoms with Crippen molar-refractivity contribution in [3.05, 3.63) is 0 Å². The molecular formula is C15H32O4. The van der Waals surface area contributed by atoms with Gasteiger partial charge in [0, 0.05) is 0 Å². The molecule has 0 aliphatic carbocycles. The van der Waals surface area contributed by atoms with Gasteiger partial charge in [0.15, 0.2) is 0 Å². The zero-order chi connectivity index (χ0) is 15.2. The molecule has 0 aromatic carbocycles. The van der Waals surface area contributed by atoms with Crippen molar-refractivity contribution < 1.29 is 20.4 Å². The van der Waals surface area contributed by atoms with Crippen LogP contribution in [0.25, 0.3) is 0 Å². The first-order chi connectivity index (χ1) is 8.52. The number of hydrogen-bond donors (Lipinski definition) is 4. The van der Waals surface area contributed by atoms with E-state index in [9.17, 15) is 20.4 Å². The van der Waals surface area contributed by atoms with E-state index >= 15 is 0 Å². The molecule has 4 N–H and O–H groups in total. The lowest BCUT2D eigenvalue weighted by Crippen LogP contribution is -2.32. The Morgan fingerprint density at radius 2 is 1.05 bits per heavy atom. The average molecular weight is 276 g/mol. The average Bonchev–Trinajstić information content (AvgIpc) is 2.12. The number of rotatable bonds is 8. The molecular weight excluding hydrogens is 244 g/mol. The van der Waals surface area contributed by atoms with E-state index in [0.29, 0.717) is 12.3 Å². The monoisotopic (exact) mass is 276 g/mol. The quantitative estimate of drug-likeness (QED) is 0.544. The Hall–Kier alpha value is -0.160. The summed E-state index contributed by atoms with van der Waals surface area (Å²) in [5, 5.41) is 39.3. The van der Waals surface area contributed by atoms with E-state index in [-0.39, 0.29) is 24.7 Å². The Labute approximate surface area is 117 Å². The summed E-state index contributed by atoms with van der Waals surface area (Å²) in [6.07, 6.45) is -1.22. The third-order valence-corrected chi connectivity index (χ3v) is 3.33. The molecule has 4 unspecified atom stereocenters. The van der Waals surface area contributed by atoms with E-state index < -0.39 is 24.4 Å². The van der Waals surface area contributed by atoms with Crippen LogP contribution in [0.15, 0.2) is 0 Å². The van der Waals surface area contributed by atoms with E-state index in [1.54, 1.807) is 0 Å². The van der Waals surface area contributed by atoms with E-state index in [2.05, 4.69) is 0 Å². The summed E-state index contributed by atoms with van der Waals surface area (Å²) in [6.45, 7) is 9.77. The van der Waals surface area contributed by atoms with Crippen LogP contribution in [0.1, 0.15) is 60.3 Å². The molecule has 0 aliphatic rings. The second kappa shape index (κ2) is 8.20. The lowest BCUT2D eigenvalue weighted by molar-refractivity contribution is -0.0121. The molecule has 0 aromatic rings. The Kier molecular flexibility index (Phi) is 8.13. The van der Waals surface area contributed by atoms with Crippen LogP contribution in [0.5, 0.6) is 0 Å². The van der Waals surface area contributed by atoms with E-state index in [0.717, 1.165) is 0 Å². The standard InChI is InChI=1S/C15H32O4/c1-10(2)6-11(16)7-12(17)8-13(18)9-14(19)15(3,4)5/h10-14,16-19H,6-9H2,1-5H3. The molecule has 0 fully saturated rings. The van der Waals surface area contributed by atoms with Crippen molar-refractivity contribution in [2.45, 2.75) is 84.7 Å². The number of hydrogen-bond acceptors (Lipinski definition) is 4. The van der Waals surface area contributed by atoms with Crippen molar-refractivity contribution in [2.24, 2.45) is 11.3 Å². The molecule has 0 amide bonds. The first-order valence-electron chi connectivity index (χ1n) is 7.24. The highest BCUT2D eigenvalue weighted by atomic mass is 16.3. The highest BCUT2D eigenvalue weighted by Crippen LogP contribution is 2.24. The molecule has 0 bridgehead atoms. The second-order valence-corrected chi connectivity index (χ2v) is 7.18. The normalized spacial score (nSPS) is 19.3. The highest BCUT2D eigenvalue weighted by Gasteiger charge is 2.26. The molecule has 0 aliphatic heterocycles. The van der Waals surface area contributed by atoms with Crippen LogP contribution in [0, 0.1) is 11.3 Å². The third kappa shape index (κ3) is 9.38. The minimum atomic E-state index is -0.740. The zero-order valence-electron chi connectivity index (χ0n) is 13.0. The van der Waals surface area contributed by atoms with Crippen LogP contribution in [-0.4, -0.2) is 44.8 Å². The first-order valence-corrected chi connectivity index (χ1v) is 7.24. The van der Waals surface area contributed by atoms with Gasteiger partial charge in [-0.05, 0) is 37.0 Å². The zero-order valence-corrected chi connectivity index (χ0v) is 13.0. The van der Waals surface area contributed by atoms with Crippen LogP contribution in [0.2, 0.25) is 0 Å². The molecule has 0 radical (unpaired) electrons. The van der Waals surface area contributed by atoms with Gasteiger partial charge in [0.2, 0.25) is 0 Å². The van der Waals surface area contributed by atoms with Crippen molar-refractivity contribution in [1.82, 2.24) is 0 Å². The van der Waals surface area contributed by atoms with Gasteiger partial charge in [0.25, 0.3) is 0 Å². The lowest BCUT2D eigenvalue weighted by atomic mass is 9.85. The molecule has 4 nitrogen and oxygen atoms in total. The first kappa shape index (κ1) is 18.8. The number of aliphatic hydroxyl groups excluding tert-OH is 4. The van der Waals surface area contributed by atoms with Gasteiger partial charge in [-0.2, -0.15) is 0 Å². The molecule has 0 aromatic heterocycles. The van der Waals surface area contributed by atoms with E-state index in [1.807, 2.05) is 34.6 Å². The predicted molar refractivity (Wildman–Crippen MR) is 76.8 cm³/mol. The van der Waals surface area contributed by atoms with Gasteiger partial charge in [-0.3, -0.25) is 0 Å². The molecule has 0 saturated heterocycles. The fourth-order valence-corrected chi connectivity index (χ4v) is 2.07. The van der Waals surface area contributed by atoms with Gasteiger partial charge >= 0.3 is 0 Å². The van der Waals surface area contributed by atoms with Crippen molar-refractivity contribution in [3.8, 4) is 0 Å².